The zero-order valence-corrected chi connectivity index (χ0v) is 15.5. The molecule has 1 amide bonds. The molecule has 1 N–H and O–H groups in total. The molecule has 0 unspecified atom stereocenters. The standard InChI is InChI=1S/C17H18BrN5O2/c1-12(2)22-9-13(8-19-22)20-16(24)11-25-17-15(18)10-23(21-17)14-6-4-3-5-7-14/h3-10,12H,11H2,1-2H3,(H,20,24). The molecule has 3 aromatic rings. The molecule has 7 nitrogen and oxygen atoms in total. The van der Waals surface area contributed by atoms with E-state index < -0.39 is 0 Å². The molecule has 0 aliphatic rings. The third kappa shape index (κ3) is 4.27. The van der Waals surface area contributed by atoms with Crippen LogP contribution in [0.2, 0.25) is 0 Å². The molecule has 0 spiro atoms. The minimum Gasteiger partial charge on any atom is -0.466 e. The van der Waals surface area contributed by atoms with Crippen molar-refractivity contribution in [2.24, 2.45) is 0 Å². The third-order valence-corrected chi connectivity index (χ3v) is 3.96. The molecule has 0 fully saturated rings. The number of aromatic nitrogens is 4. The van der Waals surface area contributed by atoms with Gasteiger partial charge in [0.2, 0.25) is 5.88 Å². The maximum Gasteiger partial charge on any atom is 0.262 e. The molecule has 1 aromatic carbocycles. The number of nitrogens with one attached hydrogen (secondary N) is 1. The van der Waals surface area contributed by atoms with Gasteiger partial charge in [-0.25, -0.2) is 4.68 Å². The summed E-state index contributed by atoms with van der Waals surface area (Å²) in [5, 5.41) is 11.3. The van der Waals surface area contributed by atoms with Gasteiger partial charge in [-0.1, -0.05) is 18.2 Å². The number of para-hydroxylation sites is 1. The first-order valence-electron chi connectivity index (χ1n) is 7.80. The molecule has 25 heavy (non-hydrogen) atoms. The minimum atomic E-state index is -0.274. The predicted octanol–water partition coefficient (Wildman–Crippen LogP) is 3.43. The van der Waals surface area contributed by atoms with Gasteiger partial charge < -0.3 is 10.1 Å². The van der Waals surface area contributed by atoms with Crippen LogP contribution in [-0.2, 0) is 4.79 Å². The van der Waals surface area contributed by atoms with Crippen molar-refractivity contribution in [1.29, 1.82) is 0 Å². The number of hydrogen-bond acceptors (Lipinski definition) is 4. The van der Waals surface area contributed by atoms with Crippen LogP contribution in [0.5, 0.6) is 5.88 Å². The number of anilines is 1. The average molecular weight is 404 g/mol. The van der Waals surface area contributed by atoms with E-state index in [4.69, 9.17) is 4.74 Å². The second-order valence-electron chi connectivity index (χ2n) is 5.70. The molecule has 3 rings (SSSR count). The number of benzene rings is 1. The van der Waals surface area contributed by atoms with Crippen LogP contribution in [0.25, 0.3) is 5.69 Å². The highest BCUT2D eigenvalue weighted by atomic mass is 79.9. The summed E-state index contributed by atoms with van der Waals surface area (Å²) in [4.78, 5) is 12.0. The molecule has 2 aromatic heterocycles. The maximum absolute atomic E-state index is 12.0. The molecular weight excluding hydrogens is 386 g/mol. The van der Waals surface area contributed by atoms with Gasteiger partial charge >= 0.3 is 0 Å². The van der Waals surface area contributed by atoms with E-state index in [-0.39, 0.29) is 18.6 Å². The number of rotatable bonds is 6. The smallest absolute Gasteiger partial charge is 0.262 e. The van der Waals surface area contributed by atoms with Crippen molar-refractivity contribution >= 4 is 27.5 Å². The van der Waals surface area contributed by atoms with Crippen LogP contribution in [0.4, 0.5) is 5.69 Å². The van der Waals surface area contributed by atoms with Crippen molar-refractivity contribution in [3.63, 3.8) is 0 Å². The van der Waals surface area contributed by atoms with Crippen LogP contribution in [-0.4, -0.2) is 32.1 Å². The normalized spacial score (nSPS) is 10.9. The Morgan fingerprint density at radius 2 is 2.04 bits per heavy atom. The number of amides is 1. The highest BCUT2D eigenvalue weighted by Crippen LogP contribution is 2.24. The van der Waals surface area contributed by atoms with Gasteiger partial charge in [0.15, 0.2) is 6.61 Å². The highest BCUT2D eigenvalue weighted by molar-refractivity contribution is 9.10. The molecule has 8 heteroatoms. The summed E-state index contributed by atoms with van der Waals surface area (Å²) in [5.74, 6) is 0.0846. The van der Waals surface area contributed by atoms with Gasteiger partial charge in [-0.15, -0.1) is 5.10 Å². The van der Waals surface area contributed by atoms with Crippen LogP contribution in [0.1, 0.15) is 19.9 Å². The van der Waals surface area contributed by atoms with Crippen molar-refractivity contribution in [2.75, 3.05) is 11.9 Å². The lowest BCUT2D eigenvalue weighted by atomic mass is 10.3. The van der Waals surface area contributed by atoms with Crippen molar-refractivity contribution < 1.29 is 9.53 Å². The molecule has 0 radical (unpaired) electrons. The van der Waals surface area contributed by atoms with Gasteiger partial charge in [-0.3, -0.25) is 9.48 Å². The minimum absolute atomic E-state index is 0.142. The molecule has 130 valence electrons. The fourth-order valence-corrected chi connectivity index (χ4v) is 2.55. The van der Waals surface area contributed by atoms with Gasteiger partial charge in [-0.2, -0.15) is 5.10 Å². The summed E-state index contributed by atoms with van der Waals surface area (Å²) in [6.45, 7) is 3.89. The summed E-state index contributed by atoms with van der Waals surface area (Å²) in [6.07, 6.45) is 5.18. The lowest BCUT2D eigenvalue weighted by Crippen LogP contribution is -2.20. The van der Waals surface area contributed by atoms with E-state index in [1.807, 2.05) is 44.2 Å². The number of nitrogens with zero attached hydrogens (tertiary/aromatic N) is 4. The first kappa shape index (κ1) is 17.2. The Hall–Kier alpha value is -2.61. The highest BCUT2D eigenvalue weighted by Gasteiger charge is 2.12. The third-order valence-electron chi connectivity index (χ3n) is 3.41. The lowest BCUT2D eigenvalue weighted by Gasteiger charge is -2.05. The van der Waals surface area contributed by atoms with E-state index in [1.165, 1.54) is 0 Å². The Bertz CT molecular complexity index is 857. The van der Waals surface area contributed by atoms with Crippen molar-refractivity contribution in [2.45, 2.75) is 19.9 Å². The molecule has 0 atom stereocenters. The zero-order valence-electron chi connectivity index (χ0n) is 13.9. The van der Waals surface area contributed by atoms with Gasteiger partial charge in [-0.05, 0) is 41.9 Å². The van der Waals surface area contributed by atoms with E-state index in [0.717, 1.165) is 5.69 Å². The fourth-order valence-electron chi connectivity index (χ4n) is 2.16. The number of halogens is 1. The van der Waals surface area contributed by atoms with E-state index in [0.29, 0.717) is 16.0 Å². The van der Waals surface area contributed by atoms with Gasteiger partial charge in [0.25, 0.3) is 5.91 Å². The summed E-state index contributed by atoms with van der Waals surface area (Å²) in [5.41, 5.74) is 1.54. The Labute approximate surface area is 153 Å². The van der Waals surface area contributed by atoms with Crippen LogP contribution in [0.15, 0.2) is 53.4 Å². The SMILES string of the molecule is CC(C)n1cc(NC(=O)COc2nn(-c3ccccc3)cc2Br)cn1. The summed E-state index contributed by atoms with van der Waals surface area (Å²) < 4.78 is 9.64. The van der Waals surface area contributed by atoms with Crippen molar-refractivity contribution in [3.05, 3.63) is 53.4 Å². The second-order valence-corrected chi connectivity index (χ2v) is 6.56. The first-order chi connectivity index (χ1) is 12.0. The van der Waals surface area contributed by atoms with Crippen LogP contribution in [0, 0.1) is 0 Å². The molecular formula is C17H18BrN5O2. The predicted molar refractivity (Wildman–Crippen MR) is 98.0 cm³/mol. The largest absolute Gasteiger partial charge is 0.466 e. The topological polar surface area (TPSA) is 74.0 Å². The van der Waals surface area contributed by atoms with Gasteiger partial charge in [0, 0.05) is 18.4 Å². The average Bonchev–Trinajstić information content (AvgIpc) is 3.21. The van der Waals surface area contributed by atoms with E-state index in [1.54, 1.807) is 28.0 Å². The van der Waals surface area contributed by atoms with Crippen molar-refractivity contribution in [1.82, 2.24) is 19.6 Å². The number of carbonyl (C=O) groups excluding carboxylic acids is 1. The fraction of sp³-hybridized carbons (Fsp3) is 0.235. The number of carbonyl (C=O) groups is 1. The quantitative estimate of drug-likeness (QED) is 0.683. The summed E-state index contributed by atoms with van der Waals surface area (Å²) >= 11 is 3.40. The molecule has 0 bridgehead atoms. The van der Waals surface area contributed by atoms with Crippen LogP contribution >= 0.6 is 15.9 Å². The Morgan fingerprint density at radius 1 is 1.28 bits per heavy atom. The van der Waals surface area contributed by atoms with Gasteiger partial charge in [0.1, 0.15) is 0 Å². The van der Waals surface area contributed by atoms with Gasteiger partial charge in [0.05, 0.1) is 22.0 Å². The Kier molecular flexibility index (Phi) is 5.18. The number of hydrogen-bond donors (Lipinski definition) is 1. The monoisotopic (exact) mass is 403 g/mol. The van der Waals surface area contributed by atoms with E-state index in [2.05, 4.69) is 31.4 Å². The van der Waals surface area contributed by atoms with E-state index in [9.17, 15) is 4.79 Å². The molecule has 0 saturated carbocycles. The first-order valence-corrected chi connectivity index (χ1v) is 8.59. The molecule has 0 aliphatic carbocycles. The van der Waals surface area contributed by atoms with Crippen LogP contribution < -0.4 is 10.1 Å². The second kappa shape index (κ2) is 7.52. The van der Waals surface area contributed by atoms with E-state index >= 15 is 0 Å². The Morgan fingerprint density at radius 3 is 2.72 bits per heavy atom. The maximum atomic E-state index is 12.0. The number of ether oxygens (including phenoxy) is 1. The summed E-state index contributed by atoms with van der Waals surface area (Å²) in [6, 6.07) is 9.89. The molecule has 0 saturated heterocycles. The Balaban J connectivity index is 1.59. The molecule has 2 heterocycles. The summed E-state index contributed by atoms with van der Waals surface area (Å²) in [7, 11) is 0. The zero-order chi connectivity index (χ0) is 17.8. The molecule has 0 aliphatic heterocycles. The lowest BCUT2D eigenvalue weighted by molar-refractivity contribution is -0.118. The van der Waals surface area contributed by atoms with Crippen LogP contribution in [0.3, 0.4) is 0 Å². The van der Waals surface area contributed by atoms with Crippen molar-refractivity contribution in [3.8, 4) is 11.6 Å².